The molecule has 7 nitrogen and oxygen atoms in total. The molecule has 2 aliphatic rings. The summed E-state index contributed by atoms with van der Waals surface area (Å²) in [5.41, 5.74) is 0.471. The van der Waals surface area contributed by atoms with Crippen molar-refractivity contribution < 1.29 is 9.90 Å². The minimum Gasteiger partial charge on any atom is -0.389 e. The fourth-order valence-electron chi connectivity index (χ4n) is 4.07. The van der Waals surface area contributed by atoms with E-state index in [4.69, 9.17) is 11.6 Å². The quantitative estimate of drug-likeness (QED) is 0.885. The van der Waals surface area contributed by atoms with Gasteiger partial charge in [0.1, 0.15) is 6.33 Å². The summed E-state index contributed by atoms with van der Waals surface area (Å²) >= 11 is 6.09. The molecule has 2 aromatic rings. The Morgan fingerprint density at radius 2 is 2.20 bits per heavy atom. The van der Waals surface area contributed by atoms with Gasteiger partial charge in [-0.2, -0.15) is 4.68 Å². The van der Waals surface area contributed by atoms with Gasteiger partial charge in [-0.15, -0.1) is 5.10 Å². The van der Waals surface area contributed by atoms with Crippen molar-refractivity contribution in [2.45, 2.75) is 37.7 Å². The van der Waals surface area contributed by atoms with Gasteiger partial charge in [0.25, 0.3) is 5.91 Å². The van der Waals surface area contributed by atoms with Crippen LogP contribution in [0.15, 0.2) is 24.5 Å². The van der Waals surface area contributed by atoms with E-state index in [-0.39, 0.29) is 11.8 Å². The number of amides is 1. The maximum Gasteiger partial charge on any atom is 0.256 e. The lowest BCUT2D eigenvalue weighted by Gasteiger charge is -2.47. The summed E-state index contributed by atoms with van der Waals surface area (Å²) < 4.78 is 1.44. The normalized spacial score (nSPS) is 26.3. The van der Waals surface area contributed by atoms with Crippen molar-refractivity contribution in [3.63, 3.8) is 0 Å². The van der Waals surface area contributed by atoms with Gasteiger partial charge in [-0.1, -0.05) is 24.4 Å². The van der Waals surface area contributed by atoms with Gasteiger partial charge in [-0.25, -0.2) is 0 Å². The summed E-state index contributed by atoms with van der Waals surface area (Å²) in [6.07, 6.45) is 6.08. The predicted octanol–water partition coefficient (Wildman–Crippen LogP) is 2.08. The van der Waals surface area contributed by atoms with E-state index in [1.807, 2.05) is 4.90 Å². The number of nitrogens with zero attached hydrogens (tertiary/aromatic N) is 5. The Balaban J connectivity index is 1.62. The van der Waals surface area contributed by atoms with E-state index in [0.717, 1.165) is 25.7 Å². The fraction of sp³-hybridized carbons (Fsp3) is 0.529. The number of carbonyl (C=O) groups is 1. The molecule has 132 valence electrons. The lowest BCUT2D eigenvalue weighted by atomic mass is 9.71. The third-order valence-electron chi connectivity index (χ3n) is 5.50. The first-order valence-corrected chi connectivity index (χ1v) is 8.99. The van der Waals surface area contributed by atoms with E-state index in [0.29, 0.717) is 35.8 Å². The van der Waals surface area contributed by atoms with Crippen molar-refractivity contribution in [2.24, 2.45) is 5.92 Å². The van der Waals surface area contributed by atoms with Gasteiger partial charge in [-0.3, -0.25) is 4.79 Å². The number of fused-ring (bicyclic) bond motifs is 1. The van der Waals surface area contributed by atoms with Gasteiger partial charge < -0.3 is 10.0 Å². The zero-order valence-corrected chi connectivity index (χ0v) is 14.6. The number of halogens is 1. The molecule has 4 rings (SSSR count). The molecule has 0 radical (unpaired) electrons. The SMILES string of the molecule is O=C(c1ccc(Cl)cc1-n1cnnn1)N1CC[C@]2(O)CCCC[C@@H]2C1. The molecule has 25 heavy (non-hydrogen) atoms. The number of hydrogen-bond donors (Lipinski definition) is 1. The summed E-state index contributed by atoms with van der Waals surface area (Å²) in [7, 11) is 0. The van der Waals surface area contributed by atoms with Crippen LogP contribution in [0.5, 0.6) is 0 Å². The average molecular weight is 362 g/mol. The summed E-state index contributed by atoms with van der Waals surface area (Å²) in [4.78, 5) is 15.0. The number of piperidine rings is 1. The van der Waals surface area contributed by atoms with Crippen LogP contribution in [-0.4, -0.2) is 54.8 Å². The molecular weight excluding hydrogens is 342 g/mol. The molecule has 1 aliphatic heterocycles. The Bertz CT molecular complexity index is 781. The van der Waals surface area contributed by atoms with Crippen molar-refractivity contribution >= 4 is 17.5 Å². The molecule has 0 unspecified atom stereocenters. The third kappa shape index (κ3) is 3.02. The maximum atomic E-state index is 13.1. The van der Waals surface area contributed by atoms with E-state index in [9.17, 15) is 9.90 Å². The standard InChI is InChI=1S/C17H20ClN5O2/c18-13-4-5-14(15(9-13)23-11-19-20-21-23)16(24)22-8-7-17(25)6-2-1-3-12(17)10-22/h4-5,9,11-12,25H,1-3,6-8,10H2/t12-,17-/m1/s1. The highest BCUT2D eigenvalue weighted by Crippen LogP contribution is 2.40. The number of carbonyl (C=O) groups excluding carboxylic acids is 1. The number of aromatic nitrogens is 4. The lowest BCUT2D eigenvalue weighted by Crippen LogP contribution is -2.54. The van der Waals surface area contributed by atoms with Crippen molar-refractivity contribution in [1.82, 2.24) is 25.1 Å². The molecule has 1 aromatic heterocycles. The number of aliphatic hydroxyl groups is 1. The second-order valence-corrected chi connectivity index (χ2v) is 7.40. The summed E-state index contributed by atoms with van der Waals surface area (Å²) in [6, 6.07) is 5.10. The minimum atomic E-state index is -0.603. The molecule has 2 heterocycles. The highest BCUT2D eigenvalue weighted by molar-refractivity contribution is 6.31. The first-order chi connectivity index (χ1) is 12.1. The Morgan fingerprint density at radius 3 is 3.00 bits per heavy atom. The minimum absolute atomic E-state index is 0.0743. The highest BCUT2D eigenvalue weighted by Gasteiger charge is 2.44. The number of benzene rings is 1. The maximum absolute atomic E-state index is 13.1. The van der Waals surface area contributed by atoms with Crippen LogP contribution in [0.2, 0.25) is 5.02 Å². The predicted molar refractivity (Wildman–Crippen MR) is 91.6 cm³/mol. The molecule has 1 saturated carbocycles. The summed E-state index contributed by atoms with van der Waals surface area (Å²) in [6.45, 7) is 1.15. The molecule has 0 bridgehead atoms. The fourth-order valence-corrected chi connectivity index (χ4v) is 4.24. The molecular formula is C17H20ClN5O2. The number of likely N-dealkylation sites (tertiary alicyclic amines) is 1. The monoisotopic (exact) mass is 361 g/mol. The number of hydrogen-bond acceptors (Lipinski definition) is 5. The van der Waals surface area contributed by atoms with Crippen LogP contribution in [0, 0.1) is 5.92 Å². The Morgan fingerprint density at radius 1 is 1.32 bits per heavy atom. The third-order valence-corrected chi connectivity index (χ3v) is 5.74. The summed E-state index contributed by atoms with van der Waals surface area (Å²) in [5, 5.41) is 22.5. The second-order valence-electron chi connectivity index (χ2n) is 6.96. The van der Waals surface area contributed by atoms with E-state index in [1.54, 1.807) is 18.2 Å². The van der Waals surface area contributed by atoms with Gasteiger partial charge >= 0.3 is 0 Å². The summed E-state index contributed by atoms with van der Waals surface area (Å²) in [5.74, 6) is 0.0810. The average Bonchev–Trinajstić information content (AvgIpc) is 3.15. The lowest BCUT2D eigenvalue weighted by molar-refractivity contribution is -0.0886. The van der Waals surface area contributed by atoms with Gasteiger partial charge in [0.15, 0.2) is 0 Å². The molecule has 1 aliphatic carbocycles. The number of rotatable bonds is 2. The van der Waals surface area contributed by atoms with Crippen molar-refractivity contribution in [3.8, 4) is 5.69 Å². The van der Waals surface area contributed by atoms with Gasteiger partial charge in [0, 0.05) is 24.0 Å². The van der Waals surface area contributed by atoms with Crippen LogP contribution < -0.4 is 0 Å². The van der Waals surface area contributed by atoms with Crippen LogP contribution in [0.25, 0.3) is 5.69 Å². The molecule has 2 fully saturated rings. The van der Waals surface area contributed by atoms with E-state index >= 15 is 0 Å². The Kier molecular flexibility index (Phi) is 4.21. The Hall–Kier alpha value is -1.99. The van der Waals surface area contributed by atoms with Gasteiger partial charge in [0.2, 0.25) is 0 Å². The second kappa shape index (κ2) is 6.38. The molecule has 2 atom stereocenters. The molecule has 1 saturated heterocycles. The van der Waals surface area contributed by atoms with Gasteiger partial charge in [-0.05, 0) is 47.9 Å². The van der Waals surface area contributed by atoms with Crippen LogP contribution in [0.3, 0.4) is 0 Å². The van der Waals surface area contributed by atoms with E-state index in [1.165, 1.54) is 11.0 Å². The van der Waals surface area contributed by atoms with Crippen molar-refractivity contribution in [3.05, 3.63) is 35.1 Å². The van der Waals surface area contributed by atoms with Crippen LogP contribution >= 0.6 is 11.6 Å². The van der Waals surface area contributed by atoms with Crippen LogP contribution in [0.4, 0.5) is 0 Å². The molecule has 1 N–H and O–H groups in total. The first kappa shape index (κ1) is 16.5. The zero-order valence-electron chi connectivity index (χ0n) is 13.8. The van der Waals surface area contributed by atoms with Crippen molar-refractivity contribution in [2.75, 3.05) is 13.1 Å². The molecule has 8 heteroatoms. The molecule has 0 spiro atoms. The topological polar surface area (TPSA) is 84.1 Å². The van der Waals surface area contributed by atoms with E-state index < -0.39 is 5.60 Å². The van der Waals surface area contributed by atoms with Crippen LogP contribution in [-0.2, 0) is 0 Å². The largest absolute Gasteiger partial charge is 0.389 e. The first-order valence-electron chi connectivity index (χ1n) is 8.61. The van der Waals surface area contributed by atoms with E-state index in [2.05, 4.69) is 15.5 Å². The van der Waals surface area contributed by atoms with Crippen molar-refractivity contribution in [1.29, 1.82) is 0 Å². The number of tetrazole rings is 1. The molecule has 1 amide bonds. The smallest absolute Gasteiger partial charge is 0.256 e. The zero-order chi connectivity index (χ0) is 17.4. The van der Waals surface area contributed by atoms with Gasteiger partial charge in [0.05, 0.1) is 16.9 Å². The molecule has 1 aromatic carbocycles. The Labute approximate surface area is 150 Å². The highest BCUT2D eigenvalue weighted by atomic mass is 35.5. The van der Waals surface area contributed by atoms with Crippen LogP contribution in [0.1, 0.15) is 42.5 Å².